The van der Waals surface area contributed by atoms with Crippen molar-refractivity contribution < 1.29 is 72.8 Å². The highest BCUT2D eigenvalue weighted by molar-refractivity contribution is 7.99. The smallest absolute Gasteiger partial charge is 0.317 e. The predicted molar refractivity (Wildman–Crippen MR) is 349 cm³/mol. The molecule has 4 bridgehead atoms. The molecule has 4 aliphatic heterocycles. The fourth-order valence-corrected chi connectivity index (χ4v) is 14.0. The van der Waals surface area contributed by atoms with Crippen LogP contribution in [0.4, 0.5) is 0 Å². The molecule has 0 aliphatic carbocycles. The Labute approximate surface area is 553 Å². The molecule has 8 amide bonds. The minimum atomic E-state index is -1.32. The standard InChI is InChI=1S/C63H86N12O15S3/c1-2-46-60(86)69-47(13-15-53(64)76)61(87)70-48(31-41-8-4-3-5-9-41)59(85)66-18-27-93-40-44-29-42(38-91-25-16-55(78)74-19-7-11-51(74)63(89)75-20-6-10-50(75)62(88)68-46)28-43(30-44)39-92-26-17-65-54(77)37-90-52-14-12-45-32-72(35-57(81)82)23-21-71(34-56(79)80)22-24-73(36-58(83)84)33-49(52)67-45/h3-5,8-9,12,14,28-30,46-48,50-51H,2,6-7,10-11,13,15-27,31-40H2,1H3,(H2,64,76)(H,65,77)(H,66,85)(H,68,88)(H,69,86)(H,70,87)(H,79,80)(H,81,82)(H,83,84)/t46-,47-,48-,50-,51-/m0/s1. The molecule has 0 unspecified atom stereocenters. The maximum absolute atomic E-state index is 14.3. The van der Waals surface area contributed by atoms with E-state index in [1.54, 1.807) is 73.9 Å². The number of thioether (sulfide) groups is 3. The highest BCUT2D eigenvalue weighted by Gasteiger charge is 2.43. The third kappa shape index (κ3) is 24.1. The van der Waals surface area contributed by atoms with Crippen LogP contribution < -0.4 is 37.1 Å². The van der Waals surface area contributed by atoms with Crippen LogP contribution in [0.1, 0.15) is 91.9 Å². The zero-order valence-electron chi connectivity index (χ0n) is 52.4. The number of nitrogens with one attached hydrogen (secondary N) is 5. The zero-order valence-corrected chi connectivity index (χ0v) is 54.8. The summed E-state index contributed by atoms with van der Waals surface area (Å²) in [6, 6.07) is 13.5. The number of benzene rings is 2. The van der Waals surface area contributed by atoms with Gasteiger partial charge in [0.05, 0.1) is 31.0 Å². The summed E-state index contributed by atoms with van der Waals surface area (Å²) >= 11 is 4.79. The van der Waals surface area contributed by atoms with Crippen molar-refractivity contribution in [3.63, 3.8) is 0 Å². The van der Waals surface area contributed by atoms with Crippen LogP contribution in [0.5, 0.6) is 5.75 Å². The number of hydrogen-bond acceptors (Lipinski definition) is 19. The highest BCUT2D eigenvalue weighted by atomic mass is 32.2. The highest BCUT2D eigenvalue weighted by Crippen LogP contribution is 2.28. The second-order valence-corrected chi connectivity index (χ2v) is 26.7. The lowest BCUT2D eigenvalue weighted by Gasteiger charge is -2.32. The maximum atomic E-state index is 14.3. The molecule has 2 saturated heterocycles. The first kappa shape index (κ1) is 72.9. The van der Waals surface area contributed by atoms with E-state index in [1.807, 2.05) is 30.3 Å². The maximum Gasteiger partial charge on any atom is 0.317 e. The number of aromatic nitrogens is 1. The van der Waals surface area contributed by atoms with Gasteiger partial charge in [0.2, 0.25) is 41.4 Å². The summed E-state index contributed by atoms with van der Waals surface area (Å²) in [4.78, 5) is 158. The number of amides is 8. The Bertz CT molecular complexity index is 3120. The van der Waals surface area contributed by atoms with E-state index in [2.05, 4.69) is 44.8 Å². The Kier molecular flexibility index (Phi) is 29.3. The van der Waals surface area contributed by atoms with Crippen LogP contribution in [0, 0.1) is 0 Å². The fraction of sp³-hybridized carbons (Fsp3) is 0.556. The summed E-state index contributed by atoms with van der Waals surface area (Å²) in [5, 5.41) is 43.0. The van der Waals surface area contributed by atoms with Crippen LogP contribution in [0.25, 0.3) is 0 Å². The number of rotatable bonds is 20. The summed E-state index contributed by atoms with van der Waals surface area (Å²) in [7, 11) is 0. The van der Waals surface area contributed by atoms with Gasteiger partial charge in [-0.15, -0.1) is 0 Å². The molecule has 93 heavy (non-hydrogen) atoms. The largest absolute Gasteiger partial charge is 0.482 e. The molecule has 2 aromatic carbocycles. The molecule has 30 heteroatoms. The minimum Gasteiger partial charge on any atom is -0.482 e. The van der Waals surface area contributed by atoms with E-state index in [4.69, 9.17) is 15.5 Å². The number of hydrogen-bond donors (Lipinski definition) is 9. The summed E-state index contributed by atoms with van der Waals surface area (Å²) in [5.74, 6) is -3.80. The molecule has 0 radical (unpaired) electrons. The van der Waals surface area contributed by atoms with Gasteiger partial charge < -0.3 is 62.2 Å². The zero-order chi connectivity index (χ0) is 66.8. The normalized spacial score (nSPS) is 21.8. The fourth-order valence-electron chi connectivity index (χ4n) is 11.5. The Morgan fingerprint density at radius 1 is 0.688 bits per heavy atom. The van der Waals surface area contributed by atoms with Gasteiger partial charge in [-0.2, -0.15) is 35.3 Å². The molecule has 27 nitrogen and oxygen atoms in total. The van der Waals surface area contributed by atoms with E-state index in [9.17, 15) is 68.1 Å². The van der Waals surface area contributed by atoms with Gasteiger partial charge in [0.15, 0.2) is 6.61 Å². The predicted octanol–water partition coefficient (Wildman–Crippen LogP) is 1.02. The number of primary amides is 1. The first-order chi connectivity index (χ1) is 44.7. The van der Waals surface area contributed by atoms with Crippen LogP contribution in [-0.4, -0.2) is 236 Å². The van der Waals surface area contributed by atoms with Crippen molar-refractivity contribution in [3.05, 3.63) is 94.3 Å². The summed E-state index contributed by atoms with van der Waals surface area (Å²) in [6.07, 6.45) is 1.93. The number of carbonyl (C=O) groups excluding carboxylic acids is 8. The third-order valence-electron chi connectivity index (χ3n) is 16.1. The van der Waals surface area contributed by atoms with Gasteiger partial charge in [-0.05, 0) is 72.9 Å². The van der Waals surface area contributed by atoms with Crippen molar-refractivity contribution in [1.29, 1.82) is 0 Å². The van der Waals surface area contributed by atoms with Crippen molar-refractivity contribution in [3.8, 4) is 5.75 Å². The summed E-state index contributed by atoms with van der Waals surface area (Å²) in [6.45, 7) is 2.40. The Hall–Kier alpha value is -7.51. The second-order valence-electron chi connectivity index (χ2n) is 23.3. The molecule has 3 aromatic rings. The monoisotopic (exact) mass is 1350 g/mol. The van der Waals surface area contributed by atoms with Gasteiger partial charge in [0, 0.05) is 119 Å². The van der Waals surface area contributed by atoms with Gasteiger partial charge >= 0.3 is 17.9 Å². The van der Waals surface area contributed by atoms with Gasteiger partial charge in [-0.3, -0.25) is 72.4 Å². The lowest BCUT2D eigenvalue weighted by Crippen LogP contribution is -2.59. The van der Waals surface area contributed by atoms with Crippen LogP contribution in [0.2, 0.25) is 0 Å². The number of carboxylic acid groups (broad SMARTS) is 3. The average molecular weight is 1350 g/mol. The van der Waals surface area contributed by atoms with Gasteiger partial charge in [-0.25, -0.2) is 0 Å². The molecule has 5 atom stereocenters. The van der Waals surface area contributed by atoms with Crippen molar-refractivity contribution in [1.82, 2.24) is 56.1 Å². The third-order valence-corrected chi connectivity index (χ3v) is 19.2. The number of fused-ring (bicyclic) bond motifs is 6. The molecule has 1 aromatic heterocycles. The molecule has 7 rings (SSSR count). The van der Waals surface area contributed by atoms with Gasteiger partial charge in [-0.1, -0.05) is 55.5 Å². The van der Waals surface area contributed by atoms with E-state index < -0.39 is 83.6 Å². The second kappa shape index (κ2) is 37.4. The van der Waals surface area contributed by atoms with Crippen molar-refractivity contribution in [2.24, 2.45) is 5.73 Å². The molecule has 10 N–H and O–H groups in total. The average Bonchev–Trinajstić information content (AvgIpc) is 1.86. The Morgan fingerprint density at radius 2 is 1.30 bits per heavy atom. The first-order valence-corrected chi connectivity index (χ1v) is 34.8. The number of aliphatic carboxylic acids is 3. The van der Waals surface area contributed by atoms with Gasteiger partial charge in [0.1, 0.15) is 36.0 Å². The van der Waals surface area contributed by atoms with Crippen molar-refractivity contribution in [2.75, 3.05) is 95.9 Å². The van der Waals surface area contributed by atoms with Crippen molar-refractivity contribution in [2.45, 2.75) is 125 Å². The summed E-state index contributed by atoms with van der Waals surface area (Å²) < 4.78 is 5.98. The van der Waals surface area contributed by atoms with Crippen LogP contribution in [0.3, 0.4) is 0 Å². The van der Waals surface area contributed by atoms with E-state index in [-0.39, 0.29) is 122 Å². The van der Waals surface area contributed by atoms with E-state index in [0.29, 0.717) is 91.2 Å². The van der Waals surface area contributed by atoms with Crippen molar-refractivity contribution >= 4 is 100 Å². The Morgan fingerprint density at radius 3 is 1.98 bits per heavy atom. The quantitative estimate of drug-likeness (QED) is 0.0713. The van der Waals surface area contributed by atoms with E-state index in [0.717, 1.165) is 22.3 Å². The number of pyridine rings is 1. The van der Waals surface area contributed by atoms with E-state index in [1.165, 1.54) is 4.90 Å². The number of nitrogens with zero attached hydrogens (tertiary/aromatic N) is 6. The molecule has 5 heterocycles. The van der Waals surface area contributed by atoms with Crippen LogP contribution >= 0.6 is 35.3 Å². The summed E-state index contributed by atoms with van der Waals surface area (Å²) in [5.41, 5.74) is 10.2. The molecule has 4 aliphatic rings. The van der Waals surface area contributed by atoms with E-state index >= 15 is 0 Å². The first-order valence-electron chi connectivity index (χ1n) is 31.4. The lowest BCUT2D eigenvalue weighted by molar-refractivity contribution is -0.146. The van der Waals surface area contributed by atoms with Crippen LogP contribution in [-0.2, 0) is 89.5 Å². The SMILES string of the molecule is CC[C@@H]1NC(=O)[C@@H]2CCCN2C(=O)[C@@H]2CCCN2C(=O)CCSCc2cc(CSCCNC(=O)COc3ccc4nc3CN(CC(=O)O)CCN(CC(=O)O)CCN(CC(=O)O)C4)cc(c2)CSCCNC(=O)[C@H](Cc2ccccc2)NC(=O)[C@H](CCC(N)=O)NC1=O. The number of carbonyl (C=O) groups is 11. The number of ether oxygens (including phenoxy) is 1. The van der Waals surface area contributed by atoms with Gasteiger partial charge in [0.25, 0.3) is 5.91 Å². The lowest BCUT2D eigenvalue weighted by atomic mass is 10.0. The molecular weight excluding hydrogens is 1260 g/mol. The minimum absolute atomic E-state index is 0.0106. The molecule has 0 saturated carbocycles. The number of nitrogens with two attached hydrogens (primary N) is 1. The molecule has 0 spiro atoms. The molecule has 2 fully saturated rings. The molecular formula is C63H86N12O15S3. The molecule has 506 valence electrons. The van der Waals surface area contributed by atoms with Crippen LogP contribution in [0.15, 0.2) is 60.7 Å². The Balaban J connectivity index is 1.01. The number of carboxylic acids is 3. The topological polar surface area (TPSA) is 373 Å².